The van der Waals surface area contributed by atoms with Crippen LogP contribution in [0.2, 0.25) is 0 Å². The molecule has 0 bridgehead atoms. The molecule has 0 saturated heterocycles. The molecule has 1 aromatic carbocycles. The van der Waals surface area contributed by atoms with Crippen LogP contribution in [0.4, 0.5) is 5.69 Å². The third-order valence-corrected chi connectivity index (χ3v) is 4.58. The van der Waals surface area contributed by atoms with Gasteiger partial charge in [-0.25, -0.2) is 4.79 Å². The van der Waals surface area contributed by atoms with E-state index in [1.807, 2.05) is 18.4 Å². The van der Waals surface area contributed by atoms with E-state index >= 15 is 0 Å². The second-order valence-electron chi connectivity index (χ2n) is 5.27. The number of hydrogen-bond acceptors (Lipinski definition) is 3. The number of carbonyl (C=O) groups is 2. The summed E-state index contributed by atoms with van der Waals surface area (Å²) in [6.45, 7) is 1.84. The molecule has 1 aromatic heterocycles. The summed E-state index contributed by atoms with van der Waals surface area (Å²) in [6, 6.07) is 6.75. The largest absolute Gasteiger partial charge is 0.478 e. The van der Waals surface area contributed by atoms with Gasteiger partial charge in [-0.2, -0.15) is 0 Å². The minimum Gasteiger partial charge on any atom is -0.478 e. The van der Waals surface area contributed by atoms with Gasteiger partial charge < -0.3 is 10.4 Å². The first-order valence-electron chi connectivity index (χ1n) is 6.79. The van der Waals surface area contributed by atoms with Gasteiger partial charge in [-0.15, -0.1) is 11.3 Å². The fraction of sp³-hybridized carbons (Fsp3) is 0.250. The third kappa shape index (κ3) is 2.83. The Morgan fingerprint density at radius 3 is 2.71 bits per heavy atom. The van der Waals surface area contributed by atoms with Gasteiger partial charge in [0.15, 0.2) is 0 Å². The van der Waals surface area contributed by atoms with Crippen molar-refractivity contribution in [2.45, 2.75) is 25.7 Å². The summed E-state index contributed by atoms with van der Waals surface area (Å²) in [6.07, 6.45) is 2.29. The number of amides is 1. The number of nitrogens with one attached hydrogen (secondary N) is 1. The average molecular weight is 301 g/mol. The van der Waals surface area contributed by atoms with Crippen molar-refractivity contribution < 1.29 is 14.7 Å². The maximum absolute atomic E-state index is 12.4. The molecule has 2 N–H and O–H groups in total. The molecule has 3 rings (SSSR count). The second kappa shape index (κ2) is 5.33. The first-order valence-corrected chi connectivity index (χ1v) is 7.67. The van der Waals surface area contributed by atoms with Gasteiger partial charge in [-0.1, -0.05) is 6.07 Å². The van der Waals surface area contributed by atoms with Crippen LogP contribution in [0.1, 0.15) is 49.9 Å². The van der Waals surface area contributed by atoms with Crippen LogP contribution in [-0.4, -0.2) is 17.0 Å². The van der Waals surface area contributed by atoms with E-state index in [1.165, 1.54) is 23.5 Å². The lowest BCUT2D eigenvalue weighted by atomic mass is 10.1. The highest BCUT2D eigenvalue weighted by atomic mass is 32.1. The molecule has 5 heteroatoms. The van der Waals surface area contributed by atoms with E-state index in [-0.39, 0.29) is 11.5 Å². The topological polar surface area (TPSA) is 66.4 Å². The van der Waals surface area contributed by atoms with Crippen molar-refractivity contribution in [2.24, 2.45) is 0 Å². The molecule has 1 aliphatic carbocycles. The van der Waals surface area contributed by atoms with Crippen molar-refractivity contribution in [3.05, 3.63) is 51.2 Å². The van der Waals surface area contributed by atoms with Gasteiger partial charge in [-0.3, -0.25) is 4.79 Å². The van der Waals surface area contributed by atoms with Crippen LogP contribution in [0.25, 0.3) is 0 Å². The van der Waals surface area contributed by atoms with Crippen molar-refractivity contribution in [1.29, 1.82) is 0 Å². The van der Waals surface area contributed by atoms with E-state index in [0.29, 0.717) is 11.6 Å². The molecule has 21 heavy (non-hydrogen) atoms. The normalized spacial score (nSPS) is 14.0. The monoisotopic (exact) mass is 301 g/mol. The molecule has 0 unspecified atom stereocenters. The minimum absolute atomic E-state index is 0.155. The number of thiophene rings is 1. The summed E-state index contributed by atoms with van der Waals surface area (Å²) >= 11 is 1.43. The number of benzene rings is 1. The van der Waals surface area contributed by atoms with E-state index in [2.05, 4.69) is 5.32 Å². The molecule has 108 valence electrons. The molecule has 1 saturated carbocycles. The number of rotatable bonds is 4. The molecular formula is C16H15NO3S. The van der Waals surface area contributed by atoms with Gasteiger partial charge in [0.2, 0.25) is 0 Å². The van der Waals surface area contributed by atoms with Crippen LogP contribution in [-0.2, 0) is 0 Å². The summed E-state index contributed by atoms with van der Waals surface area (Å²) in [5, 5.41) is 13.8. The quantitative estimate of drug-likeness (QED) is 0.900. The number of aryl methyl sites for hydroxylation is 1. The van der Waals surface area contributed by atoms with Gasteiger partial charge in [-0.05, 0) is 60.4 Å². The van der Waals surface area contributed by atoms with Gasteiger partial charge in [0, 0.05) is 5.69 Å². The van der Waals surface area contributed by atoms with Crippen molar-refractivity contribution >= 4 is 28.9 Å². The Kier molecular flexibility index (Phi) is 3.51. The van der Waals surface area contributed by atoms with Crippen LogP contribution in [0.3, 0.4) is 0 Å². The molecule has 0 aliphatic heterocycles. The predicted octanol–water partition coefficient (Wildman–Crippen LogP) is 3.88. The zero-order chi connectivity index (χ0) is 15.0. The van der Waals surface area contributed by atoms with Crippen LogP contribution in [0.5, 0.6) is 0 Å². The summed E-state index contributed by atoms with van der Waals surface area (Å²) < 4.78 is 0. The van der Waals surface area contributed by atoms with Gasteiger partial charge in [0.05, 0.1) is 10.4 Å². The lowest BCUT2D eigenvalue weighted by Gasteiger charge is -2.09. The molecule has 1 heterocycles. The summed E-state index contributed by atoms with van der Waals surface area (Å²) in [4.78, 5) is 24.2. The highest BCUT2D eigenvalue weighted by molar-refractivity contribution is 7.12. The SMILES string of the molecule is Cc1ccc(C(=O)O)cc1NC(=O)c1sccc1C1CC1. The Morgan fingerprint density at radius 2 is 2.05 bits per heavy atom. The number of carboxylic acids is 1. The van der Waals surface area contributed by atoms with E-state index in [4.69, 9.17) is 5.11 Å². The minimum atomic E-state index is -1.000. The predicted molar refractivity (Wildman–Crippen MR) is 82.4 cm³/mol. The number of carbonyl (C=O) groups excluding carboxylic acids is 1. The zero-order valence-electron chi connectivity index (χ0n) is 11.6. The highest BCUT2D eigenvalue weighted by Crippen LogP contribution is 2.43. The molecule has 0 atom stereocenters. The van der Waals surface area contributed by atoms with Crippen molar-refractivity contribution in [2.75, 3.05) is 5.32 Å². The van der Waals surface area contributed by atoms with E-state index in [9.17, 15) is 9.59 Å². The van der Waals surface area contributed by atoms with Crippen LogP contribution < -0.4 is 5.32 Å². The Labute approximate surface area is 126 Å². The van der Waals surface area contributed by atoms with Crippen molar-refractivity contribution in [1.82, 2.24) is 0 Å². The lowest BCUT2D eigenvalue weighted by Crippen LogP contribution is -2.13. The molecular weight excluding hydrogens is 286 g/mol. The molecule has 1 amide bonds. The van der Waals surface area contributed by atoms with E-state index in [0.717, 1.165) is 28.8 Å². The highest BCUT2D eigenvalue weighted by Gasteiger charge is 2.29. The smallest absolute Gasteiger partial charge is 0.335 e. The van der Waals surface area contributed by atoms with Crippen LogP contribution in [0, 0.1) is 6.92 Å². The van der Waals surface area contributed by atoms with Crippen LogP contribution in [0.15, 0.2) is 29.6 Å². The fourth-order valence-electron chi connectivity index (χ4n) is 2.29. The molecule has 1 aliphatic rings. The van der Waals surface area contributed by atoms with E-state index < -0.39 is 5.97 Å². The van der Waals surface area contributed by atoms with Crippen molar-refractivity contribution in [3.8, 4) is 0 Å². The summed E-state index contributed by atoms with van der Waals surface area (Å²) in [5.41, 5.74) is 2.68. The molecule has 0 radical (unpaired) electrons. The second-order valence-corrected chi connectivity index (χ2v) is 6.18. The Morgan fingerprint density at radius 1 is 1.29 bits per heavy atom. The average Bonchev–Trinajstić information content (AvgIpc) is 3.18. The third-order valence-electron chi connectivity index (χ3n) is 3.65. The van der Waals surface area contributed by atoms with Gasteiger partial charge in [0.25, 0.3) is 5.91 Å². The summed E-state index contributed by atoms with van der Waals surface area (Å²) in [5.74, 6) is -0.638. The van der Waals surface area contributed by atoms with Crippen LogP contribution >= 0.6 is 11.3 Å². The van der Waals surface area contributed by atoms with Gasteiger partial charge >= 0.3 is 5.97 Å². The zero-order valence-corrected chi connectivity index (χ0v) is 12.4. The molecule has 2 aromatic rings. The molecule has 0 spiro atoms. The molecule has 4 nitrogen and oxygen atoms in total. The van der Waals surface area contributed by atoms with Crippen molar-refractivity contribution in [3.63, 3.8) is 0 Å². The fourth-order valence-corrected chi connectivity index (χ4v) is 3.17. The first-order chi connectivity index (χ1) is 10.1. The molecule has 1 fully saturated rings. The lowest BCUT2D eigenvalue weighted by molar-refractivity contribution is 0.0696. The van der Waals surface area contributed by atoms with E-state index in [1.54, 1.807) is 6.07 Å². The standard InChI is InChI=1S/C16H15NO3S/c1-9-2-3-11(16(19)20)8-13(9)17-15(18)14-12(6-7-21-14)10-4-5-10/h2-3,6-8,10H,4-5H2,1H3,(H,17,18)(H,19,20). The Balaban J connectivity index is 1.85. The maximum atomic E-state index is 12.4. The maximum Gasteiger partial charge on any atom is 0.335 e. The number of carboxylic acid groups (broad SMARTS) is 1. The number of hydrogen-bond donors (Lipinski definition) is 2. The van der Waals surface area contributed by atoms with Gasteiger partial charge in [0.1, 0.15) is 0 Å². The number of aromatic carboxylic acids is 1. The Bertz CT molecular complexity index is 716. The number of anilines is 1. The first kappa shape index (κ1) is 13.8. The summed E-state index contributed by atoms with van der Waals surface area (Å²) in [7, 11) is 0. The Hall–Kier alpha value is -2.14.